The van der Waals surface area contributed by atoms with E-state index in [2.05, 4.69) is 10.3 Å². The van der Waals surface area contributed by atoms with Crippen LogP contribution in [0.25, 0.3) is 0 Å². The molecule has 17 heavy (non-hydrogen) atoms. The predicted octanol–water partition coefficient (Wildman–Crippen LogP) is 1.45. The Balaban J connectivity index is 1.91. The molecule has 1 saturated heterocycles. The summed E-state index contributed by atoms with van der Waals surface area (Å²) in [7, 11) is 1.97. The van der Waals surface area contributed by atoms with Gasteiger partial charge in [-0.1, -0.05) is 0 Å². The molecule has 0 amide bonds. The molecule has 4 heteroatoms. The van der Waals surface area contributed by atoms with Crippen LogP contribution in [0.2, 0.25) is 0 Å². The van der Waals surface area contributed by atoms with Crippen molar-refractivity contribution in [1.29, 1.82) is 0 Å². The third kappa shape index (κ3) is 2.75. The maximum Gasteiger partial charge on any atom is 0.153 e. The second-order valence-corrected chi connectivity index (χ2v) is 5.09. The minimum Gasteiger partial charge on any atom is -0.338 e. The van der Waals surface area contributed by atoms with Crippen LogP contribution in [-0.2, 0) is 18.3 Å². The van der Waals surface area contributed by atoms with Gasteiger partial charge in [-0.2, -0.15) is 0 Å². The van der Waals surface area contributed by atoms with E-state index in [1.165, 1.54) is 6.42 Å². The van der Waals surface area contributed by atoms with Crippen LogP contribution >= 0.6 is 0 Å². The van der Waals surface area contributed by atoms with Gasteiger partial charge in [0.25, 0.3) is 0 Å². The maximum atomic E-state index is 12.2. The molecule has 0 spiro atoms. The molecule has 0 bridgehead atoms. The highest BCUT2D eigenvalue weighted by molar-refractivity contribution is 5.88. The van der Waals surface area contributed by atoms with Gasteiger partial charge < -0.3 is 9.88 Å². The lowest BCUT2D eigenvalue weighted by Gasteiger charge is -2.33. The van der Waals surface area contributed by atoms with Gasteiger partial charge in [-0.15, -0.1) is 0 Å². The van der Waals surface area contributed by atoms with E-state index >= 15 is 0 Å². The summed E-state index contributed by atoms with van der Waals surface area (Å²) in [5, 5.41) is 3.36. The second kappa shape index (κ2) is 5.00. The topological polar surface area (TPSA) is 46.9 Å². The first kappa shape index (κ1) is 12.3. The fraction of sp³-hybridized carbons (Fsp3) is 0.692. The number of nitrogens with zero attached hydrogens (tertiary/aromatic N) is 2. The monoisotopic (exact) mass is 235 g/mol. The highest BCUT2D eigenvalue weighted by Gasteiger charge is 2.33. The summed E-state index contributed by atoms with van der Waals surface area (Å²) in [4.78, 5) is 16.5. The molecule has 2 rings (SSSR count). The first-order valence-electron chi connectivity index (χ1n) is 6.36. The fourth-order valence-electron chi connectivity index (χ4n) is 2.43. The van der Waals surface area contributed by atoms with Gasteiger partial charge in [-0.05, 0) is 32.7 Å². The van der Waals surface area contributed by atoms with E-state index in [0.29, 0.717) is 12.2 Å². The number of Topliss-reactive ketones (excluding diaryl/α,β-unsaturated/α-hetero) is 1. The molecule has 0 saturated carbocycles. The molecule has 0 aliphatic carbocycles. The van der Waals surface area contributed by atoms with Crippen molar-refractivity contribution in [3.05, 3.63) is 18.2 Å². The molecular formula is C13H21N3O. The van der Waals surface area contributed by atoms with Gasteiger partial charge in [0.15, 0.2) is 5.78 Å². The van der Waals surface area contributed by atoms with E-state index in [9.17, 15) is 4.79 Å². The molecule has 0 aromatic carbocycles. The number of rotatable bonds is 4. The third-order valence-electron chi connectivity index (χ3n) is 3.73. The molecule has 1 atom stereocenters. The van der Waals surface area contributed by atoms with E-state index in [0.717, 1.165) is 31.6 Å². The van der Waals surface area contributed by atoms with Crippen molar-refractivity contribution in [2.75, 3.05) is 6.54 Å². The van der Waals surface area contributed by atoms with E-state index in [1.54, 1.807) is 6.20 Å². The molecule has 2 heterocycles. The summed E-state index contributed by atoms with van der Waals surface area (Å²) < 4.78 is 1.98. The van der Waals surface area contributed by atoms with Gasteiger partial charge in [-0.25, -0.2) is 4.98 Å². The average Bonchev–Trinajstić information content (AvgIpc) is 2.73. The average molecular weight is 235 g/mol. The number of ketones is 1. The zero-order valence-corrected chi connectivity index (χ0v) is 10.7. The Morgan fingerprint density at radius 1 is 1.59 bits per heavy atom. The van der Waals surface area contributed by atoms with Gasteiger partial charge in [0, 0.05) is 32.3 Å². The van der Waals surface area contributed by atoms with Gasteiger partial charge in [0.05, 0.1) is 5.54 Å². The lowest BCUT2D eigenvalue weighted by Crippen LogP contribution is -2.52. The molecule has 1 aliphatic heterocycles. The van der Waals surface area contributed by atoms with Crippen molar-refractivity contribution in [2.24, 2.45) is 7.05 Å². The molecule has 1 unspecified atom stereocenters. The smallest absolute Gasteiger partial charge is 0.153 e. The first-order chi connectivity index (χ1) is 8.12. The second-order valence-electron chi connectivity index (χ2n) is 5.09. The highest BCUT2D eigenvalue weighted by atomic mass is 16.1. The number of hydrogen-bond donors (Lipinski definition) is 1. The fourth-order valence-corrected chi connectivity index (χ4v) is 2.43. The number of hydrogen-bond acceptors (Lipinski definition) is 3. The van der Waals surface area contributed by atoms with Gasteiger partial charge >= 0.3 is 0 Å². The van der Waals surface area contributed by atoms with Crippen molar-refractivity contribution in [3.8, 4) is 0 Å². The Hall–Kier alpha value is -1.16. The minimum atomic E-state index is -0.302. The Morgan fingerprint density at radius 3 is 3.00 bits per heavy atom. The van der Waals surface area contributed by atoms with Crippen LogP contribution in [0, 0.1) is 0 Å². The first-order valence-corrected chi connectivity index (χ1v) is 6.36. The Kier molecular flexibility index (Phi) is 3.62. The molecular weight excluding hydrogens is 214 g/mol. The van der Waals surface area contributed by atoms with Crippen LogP contribution in [-0.4, -0.2) is 27.4 Å². The Morgan fingerprint density at radius 2 is 2.41 bits per heavy atom. The Labute approximate surface area is 102 Å². The molecule has 1 aromatic rings. The minimum absolute atomic E-state index is 0.302. The van der Waals surface area contributed by atoms with Crippen LogP contribution in [0.4, 0.5) is 0 Å². The number of carbonyl (C=O) groups is 1. The van der Waals surface area contributed by atoms with Crippen LogP contribution in [0.1, 0.15) is 38.4 Å². The molecule has 4 nitrogen and oxygen atoms in total. The van der Waals surface area contributed by atoms with Crippen LogP contribution in [0.15, 0.2) is 12.4 Å². The third-order valence-corrected chi connectivity index (χ3v) is 3.73. The maximum absolute atomic E-state index is 12.2. The molecule has 1 aliphatic rings. The standard InChI is InChI=1S/C13H21N3O/c1-13(7-3-4-8-15-13)11(17)5-6-12-14-9-10-16(12)2/h9-10,15H,3-8H2,1-2H3. The van der Waals surface area contributed by atoms with E-state index < -0.39 is 0 Å². The van der Waals surface area contributed by atoms with E-state index in [1.807, 2.05) is 24.7 Å². The number of carbonyl (C=O) groups excluding carboxylic acids is 1. The van der Waals surface area contributed by atoms with Gasteiger partial charge in [0.1, 0.15) is 5.82 Å². The normalized spacial score (nSPS) is 24.8. The quantitative estimate of drug-likeness (QED) is 0.859. The summed E-state index contributed by atoms with van der Waals surface area (Å²) in [6, 6.07) is 0. The zero-order valence-electron chi connectivity index (χ0n) is 10.7. The van der Waals surface area contributed by atoms with Crippen molar-refractivity contribution in [1.82, 2.24) is 14.9 Å². The summed E-state index contributed by atoms with van der Waals surface area (Å²) in [5.74, 6) is 1.30. The van der Waals surface area contributed by atoms with E-state index in [4.69, 9.17) is 0 Å². The molecule has 1 N–H and O–H groups in total. The lowest BCUT2D eigenvalue weighted by atomic mass is 9.85. The summed E-state index contributed by atoms with van der Waals surface area (Å²) in [6.07, 6.45) is 8.31. The lowest BCUT2D eigenvalue weighted by molar-refractivity contribution is -0.125. The van der Waals surface area contributed by atoms with Crippen molar-refractivity contribution in [3.63, 3.8) is 0 Å². The largest absolute Gasteiger partial charge is 0.338 e. The van der Waals surface area contributed by atoms with Crippen molar-refractivity contribution < 1.29 is 4.79 Å². The van der Waals surface area contributed by atoms with E-state index in [-0.39, 0.29) is 5.54 Å². The zero-order chi connectivity index (χ0) is 12.3. The number of imidazole rings is 1. The SMILES string of the molecule is Cn1ccnc1CCC(=O)C1(C)CCCCN1. The number of aryl methyl sites for hydroxylation is 2. The van der Waals surface area contributed by atoms with Crippen molar-refractivity contribution >= 4 is 5.78 Å². The van der Waals surface area contributed by atoms with Gasteiger partial charge in [0.2, 0.25) is 0 Å². The number of nitrogens with one attached hydrogen (secondary N) is 1. The molecule has 1 fully saturated rings. The van der Waals surface area contributed by atoms with Gasteiger partial charge in [-0.3, -0.25) is 4.79 Å². The van der Waals surface area contributed by atoms with Crippen LogP contribution in [0.3, 0.4) is 0 Å². The number of aromatic nitrogens is 2. The Bertz CT molecular complexity index is 391. The van der Waals surface area contributed by atoms with Crippen molar-refractivity contribution in [2.45, 2.75) is 44.6 Å². The summed E-state index contributed by atoms with van der Waals surface area (Å²) in [5.41, 5.74) is -0.302. The molecule has 1 aromatic heterocycles. The highest BCUT2D eigenvalue weighted by Crippen LogP contribution is 2.21. The molecule has 0 radical (unpaired) electrons. The molecule has 94 valence electrons. The predicted molar refractivity (Wildman–Crippen MR) is 66.8 cm³/mol. The summed E-state index contributed by atoms with van der Waals surface area (Å²) >= 11 is 0. The number of piperidine rings is 1. The van der Waals surface area contributed by atoms with Crippen LogP contribution < -0.4 is 5.32 Å². The van der Waals surface area contributed by atoms with Crippen LogP contribution in [0.5, 0.6) is 0 Å². The summed E-state index contributed by atoms with van der Waals surface area (Å²) in [6.45, 7) is 3.00.